The molecule has 1 aromatic heterocycles. The molecule has 1 heterocycles. The second kappa shape index (κ2) is 10.6. The summed E-state index contributed by atoms with van der Waals surface area (Å²) in [6, 6.07) is 24.8. The largest absolute Gasteiger partial charge is 0.272 e. The summed E-state index contributed by atoms with van der Waals surface area (Å²) in [6.45, 7) is 0. The number of aromatic nitrogens is 3. The first-order valence-corrected chi connectivity index (χ1v) is 11.7. The van der Waals surface area contributed by atoms with E-state index in [1.54, 1.807) is 6.21 Å². The highest BCUT2D eigenvalue weighted by molar-refractivity contribution is 9.10. The van der Waals surface area contributed by atoms with Crippen LogP contribution in [0.4, 0.5) is 0 Å². The molecule has 0 aliphatic carbocycles. The number of carbonyl (C=O) groups is 1. The van der Waals surface area contributed by atoms with Crippen molar-refractivity contribution in [1.82, 2.24) is 20.2 Å². The van der Waals surface area contributed by atoms with Crippen LogP contribution in [-0.4, -0.2) is 32.6 Å². The summed E-state index contributed by atoms with van der Waals surface area (Å²) in [7, 11) is 0. The van der Waals surface area contributed by atoms with Gasteiger partial charge in [-0.1, -0.05) is 81.8 Å². The van der Waals surface area contributed by atoms with E-state index in [0.717, 1.165) is 21.3 Å². The molecule has 4 rings (SSSR count). The molecule has 0 radical (unpaired) electrons. The molecule has 0 saturated carbocycles. The van der Waals surface area contributed by atoms with Gasteiger partial charge in [0.25, 0.3) is 5.91 Å². The monoisotopic (exact) mass is 525 g/mol. The molecule has 6 nitrogen and oxygen atoms in total. The molecule has 0 spiro atoms. The van der Waals surface area contributed by atoms with Gasteiger partial charge in [0.1, 0.15) is 0 Å². The molecule has 9 heteroatoms. The third-order valence-corrected chi connectivity index (χ3v) is 6.10. The SMILES string of the molecule is O=C(CSc1nnc(-c2ccccc2Cl)n1-c1ccccc1)NN=Cc1cccc(Br)c1. The number of carbonyl (C=O) groups excluding carboxylic acids is 1. The highest BCUT2D eigenvalue weighted by Crippen LogP contribution is 2.31. The van der Waals surface area contributed by atoms with Gasteiger partial charge in [-0.05, 0) is 42.0 Å². The van der Waals surface area contributed by atoms with E-state index in [-0.39, 0.29) is 11.7 Å². The van der Waals surface area contributed by atoms with Crippen molar-refractivity contribution in [3.8, 4) is 17.1 Å². The second-order valence-corrected chi connectivity index (χ2v) is 8.86. The van der Waals surface area contributed by atoms with Crippen molar-refractivity contribution >= 4 is 51.4 Å². The van der Waals surface area contributed by atoms with E-state index in [2.05, 4.69) is 36.7 Å². The zero-order valence-corrected chi connectivity index (χ0v) is 19.8. The smallest absolute Gasteiger partial charge is 0.250 e. The van der Waals surface area contributed by atoms with Gasteiger partial charge >= 0.3 is 0 Å². The Labute approximate surface area is 202 Å². The molecule has 0 fully saturated rings. The van der Waals surface area contributed by atoms with Crippen molar-refractivity contribution in [3.05, 3.63) is 93.9 Å². The van der Waals surface area contributed by atoms with E-state index in [0.29, 0.717) is 16.0 Å². The highest BCUT2D eigenvalue weighted by atomic mass is 79.9. The second-order valence-electron chi connectivity index (χ2n) is 6.59. The molecule has 160 valence electrons. The van der Waals surface area contributed by atoms with Gasteiger partial charge in [-0.25, -0.2) is 5.43 Å². The first kappa shape index (κ1) is 22.3. The summed E-state index contributed by atoms with van der Waals surface area (Å²) in [4.78, 5) is 12.3. The van der Waals surface area contributed by atoms with Gasteiger partial charge in [-0.15, -0.1) is 10.2 Å². The van der Waals surface area contributed by atoms with E-state index < -0.39 is 0 Å². The number of hydrogen-bond acceptors (Lipinski definition) is 5. The molecule has 3 aromatic carbocycles. The number of hydrazone groups is 1. The molecule has 0 aliphatic heterocycles. The maximum Gasteiger partial charge on any atom is 0.250 e. The van der Waals surface area contributed by atoms with Gasteiger partial charge in [-0.3, -0.25) is 9.36 Å². The maximum absolute atomic E-state index is 12.3. The van der Waals surface area contributed by atoms with E-state index in [4.69, 9.17) is 11.6 Å². The molecule has 0 unspecified atom stereocenters. The Hall–Kier alpha value is -2.94. The zero-order valence-electron chi connectivity index (χ0n) is 16.7. The van der Waals surface area contributed by atoms with Crippen molar-refractivity contribution < 1.29 is 4.79 Å². The Morgan fingerprint density at radius 3 is 2.62 bits per heavy atom. The topological polar surface area (TPSA) is 72.2 Å². The van der Waals surface area contributed by atoms with Crippen LogP contribution in [0.1, 0.15) is 5.56 Å². The van der Waals surface area contributed by atoms with E-state index >= 15 is 0 Å². The zero-order chi connectivity index (χ0) is 22.3. The van der Waals surface area contributed by atoms with Crippen LogP contribution < -0.4 is 5.43 Å². The van der Waals surface area contributed by atoms with E-state index in [1.807, 2.05) is 83.4 Å². The van der Waals surface area contributed by atoms with Crippen LogP contribution in [0.15, 0.2) is 93.6 Å². The predicted octanol–water partition coefficient (Wildman–Crippen LogP) is 5.59. The van der Waals surface area contributed by atoms with Gasteiger partial charge in [0.2, 0.25) is 0 Å². The highest BCUT2D eigenvalue weighted by Gasteiger charge is 2.18. The number of halogens is 2. The quantitative estimate of drug-likeness (QED) is 0.193. The predicted molar refractivity (Wildman–Crippen MR) is 132 cm³/mol. The molecule has 32 heavy (non-hydrogen) atoms. The summed E-state index contributed by atoms with van der Waals surface area (Å²) < 4.78 is 2.84. The van der Waals surface area contributed by atoms with Crippen molar-refractivity contribution in [2.75, 3.05) is 5.75 Å². The van der Waals surface area contributed by atoms with Gasteiger partial charge in [0.05, 0.1) is 17.0 Å². The molecular formula is C23H17BrClN5OS. The van der Waals surface area contributed by atoms with Crippen LogP contribution in [0, 0.1) is 0 Å². The third kappa shape index (κ3) is 5.45. The van der Waals surface area contributed by atoms with Gasteiger partial charge in [0.15, 0.2) is 11.0 Å². The lowest BCUT2D eigenvalue weighted by atomic mass is 10.2. The number of hydrogen-bond donors (Lipinski definition) is 1. The van der Waals surface area contributed by atoms with Crippen LogP contribution in [0.5, 0.6) is 0 Å². The fourth-order valence-corrected chi connectivity index (χ4v) is 4.30. The van der Waals surface area contributed by atoms with Gasteiger partial charge < -0.3 is 0 Å². The average Bonchev–Trinajstić information content (AvgIpc) is 3.22. The van der Waals surface area contributed by atoms with Gasteiger partial charge in [-0.2, -0.15) is 5.10 Å². The fourth-order valence-electron chi connectivity index (χ4n) is 2.92. The van der Waals surface area contributed by atoms with Gasteiger partial charge in [0, 0.05) is 15.7 Å². The first-order chi connectivity index (χ1) is 15.6. The molecule has 1 N–H and O–H groups in total. The van der Waals surface area contributed by atoms with Crippen molar-refractivity contribution in [2.45, 2.75) is 5.16 Å². The minimum atomic E-state index is -0.247. The summed E-state index contributed by atoms with van der Waals surface area (Å²) >= 11 is 11.1. The molecule has 1 amide bonds. The number of amides is 1. The summed E-state index contributed by atoms with van der Waals surface area (Å²) in [5.74, 6) is 0.490. The molecule has 4 aromatic rings. The molecule has 0 bridgehead atoms. The van der Waals surface area contributed by atoms with Crippen molar-refractivity contribution in [3.63, 3.8) is 0 Å². The molecule has 0 atom stereocenters. The molecular weight excluding hydrogens is 510 g/mol. The Balaban J connectivity index is 1.51. The van der Waals surface area contributed by atoms with Crippen molar-refractivity contribution in [1.29, 1.82) is 0 Å². The van der Waals surface area contributed by atoms with Crippen LogP contribution >= 0.6 is 39.3 Å². The number of benzene rings is 3. The summed E-state index contributed by atoms with van der Waals surface area (Å²) in [5.41, 5.74) is 5.06. The standard InChI is InChI=1S/C23H17BrClN5OS/c24-17-8-6-7-16(13-17)14-26-27-21(31)15-32-23-29-28-22(19-11-4-5-12-20(19)25)30(23)18-9-2-1-3-10-18/h1-14H,15H2,(H,27,31). The van der Waals surface area contributed by atoms with Crippen LogP contribution in [0.2, 0.25) is 5.02 Å². The Bertz CT molecular complexity index is 1260. The maximum atomic E-state index is 12.3. The van der Waals surface area contributed by atoms with E-state index in [9.17, 15) is 4.79 Å². The lowest BCUT2D eigenvalue weighted by molar-refractivity contribution is -0.118. The average molecular weight is 527 g/mol. The lowest BCUT2D eigenvalue weighted by Gasteiger charge is -2.11. The minimum Gasteiger partial charge on any atom is -0.272 e. The number of rotatable bonds is 7. The van der Waals surface area contributed by atoms with Crippen LogP contribution in [-0.2, 0) is 4.79 Å². The first-order valence-electron chi connectivity index (χ1n) is 9.58. The van der Waals surface area contributed by atoms with E-state index in [1.165, 1.54) is 11.8 Å². The van der Waals surface area contributed by atoms with Crippen molar-refractivity contribution in [2.24, 2.45) is 5.10 Å². The normalized spacial score (nSPS) is 11.1. The van der Waals surface area contributed by atoms with Crippen LogP contribution in [0.3, 0.4) is 0 Å². The molecule has 0 saturated heterocycles. The molecule has 0 aliphatic rings. The third-order valence-electron chi connectivity index (χ3n) is 4.35. The van der Waals surface area contributed by atoms with Crippen LogP contribution in [0.25, 0.3) is 17.1 Å². The lowest BCUT2D eigenvalue weighted by Crippen LogP contribution is -2.20. The Morgan fingerprint density at radius 2 is 1.84 bits per heavy atom. The summed E-state index contributed by atoms with van der Waals surface area (Å²) in [5, 5.41) is 13.8. The number of nitrogens with zero attached hydrogens (tertiary/aromatic N) is 4. The fraction of sp³-hybridized carbons (Fsp3) is 0.0435. The number of thioether (sulfide) groups is 1. The number of nitrogens with one attached hydrogen (secondary N) is 1. The Morgan fingerprint density at radius 1 is 1.06 bits per heavy atom. The minimum absolute atomic E-state index is 0.128. The summed E-state index contributed by atoms with van der Waals surface area (Å²) in [6.07, 6.45) is 1.59. The number of para-hydroxylation sites is 1. The Kier molecular flexibility index (Phi) is 7.36.